The molecule has 0 aromatic rings. The van der Waals surface area contributed by atoms with Crippen LogP contribution in [-0.4, -0.2) is 47.1 Å². The first-order chi connectivity index (χ1) is 9.51. The maximum absolute atomic E-state index is 2.61. The van der Waals surface area contributed by atoms with E-state index >= 15 is 0 Å². The third kappa shape index (κ3) is 6.28. The minimum absolute atomic E-state index is 0.379. The minimum atomic E-state index is 0.379. The number of hydrogen-bond donors (Lipinski definition) is 0. The molecule has 2 heteroatoms. The summed E-state index contributed by atoms with van der Waals surface area (Å²) < 4.78 is 0. The van der Waals surface area contributed by atoms with Crippen molar-refractivity contribution in [3.05, 3.63) is 0 Å². The highest BCUT2D eigenvalue weighted by Gasteiger charge is 2.31. The van der Waals surface area contributed by atoms with Gasteiger partial charge < -0.3 is 0 Å². The maximum Gasteiger partial charge on any atom is 0.0125 e. The molecule has 0 spiro atoms. The Morgan fingerprint density at radius 2 is 1.24 bits per heavy atom. The van der Waals surface area contributed by atoms with E-state index in [0.717, 1.165) is 11.8 Å². The normalized spacial score (nSPS) is 25.3. The van der Waals surface area contributed by atoms with Crippen molar-refractivity contribution in [3.63, 3.8) is 0 Å². The molecule has 1 unspecified atom stereocenters. The van der Waals surface area contributed by atoms with Gasteiger partial charge in [0.1, 0.15) is 0 Å². The fraction of sp³-hybridized carbons (Fsp3) is 1.00. The van der Waals surface area contributed by atoms with Gasteiger partial charge in [-0.2, -0.15) is 0 Å². The zero-order valence-corrected chi connectivity index (χ0v) is 16.0. The molecule has 0 aromatic carbocycles. The van der Waals surface area contributed by atoms with Crippen molar-refractivity contribution in [3.8, 4) is 0 Å². The highest BCUT2D eigenvalue weighted by atomic mass is 15.2. The van der Waals surface area contributed by atoms with Gasteiger partial charge in [-0.3, -0.25) is 9.80 Å². The zero-order chi connectivity index (χ0) is 16.3. The van der Waals surface area contributed by atoms with Crippen LogP contribution in [0, 0.1) is 11.8 Å². The van der Waals surface area contributed by atoms with Gasteiger partial charge in [0.05, 0.1) is 0 Å². The lowest BCUT2D eigenvalue weighted by molar-refractivity contribution is 0.163. The molecule has 0 saturated carbocycles. The molecule has 1 atom stereocenters. The summed E-state index contributed by atoms with van der Waals surface area (Å²) in [6.07, 6.45) is 4.20. The van der Waals surface area contributed by atoms with E-state index in [1.807, 2.05) is 0 Å². The number of rotatable bonds is 1. The van der Waals surface area contributed by atoms with E-state index in [0.29, 0.717) is 11.1 Å². The molecule has 2 nitrogen and oxygen atoms in total. The Balaban J connectivity index is 0.000000219. The molecule has 0 bridgehead atoms. The summed E-state index contributed by atoms with van der Waals surface area (Å²) in [6.45, 7) is 23.7. The highest BCUT2D eigenvalue weighted by molar-refractivity contribution is 4.85. The van der Waals surface area contributed by atoms with Crippen molar-refractivity contribution in [1.82, 2.24) is 9.80 Å². The van der Waals surface area contributed by atoms with Crippen LogP contribution in [0.1, 0.15) is 74.7 Å². The highest BCUT2D eigenvalue weighted by Crippen LogP contribution is 2.28. The molecule has 21 heavy (non-hydrogen) atoms. The van der Waals surface area contributed by atoms with Crippen LogP contribution in [0.5, 0.6) is 0 Å². The van der Waals surface area contributed by atoms with Crippen molar-refractivity contribution in [2.24, 2.45) is 11.8 Å². The van der Waals surface area contributed by atoms with Crippen LogP contribution in [0.25, 0.3) is 0 Å². The Labute approximate surface area is 134 Å². The third-order valence-electron chi connectivity index (χ3n) is 5.17. The molecule has 2 aliphatic heterocycles. The van der Waals surface area contributed by atoms with Crippen LogP contribution < -0.4 is 0 Å². The molecule has 126 valence electrons. The summed E-state index contributed by atoms with van der Waals surface area (Å²) in [5.74, 6) is 1.79. The smallest absolute Gasteiger partial charge is 0.0125 e. The molecule has 0 N–H and O–H groups in total. The molecule has 0 amide bonds. The molecule has 2 heterocycles. The minimum Gasteiger partial charge on any atom is -0.298 e. The van der Waals surface area contributed by atoms with Crippen LogP contribution in [0.3, 0.4) is 0 Å². The topological polar surface area (TPSA) is 6.48 Å². The predicted octanol–water partition coefficient (Wildman–Crippen LogP) is 4.64. The van der Waals surface area contributed by atoms with Gasteiger partial charge >= 0.3 is 0 Å². The van der Waals surface area contributed by atoms with Crippen molar-refractivity contribution in [2.45, 2.75) is 85.7 Å². The number of nitrogens with zero attached hydrogens (tertiary/aromatic N) is 2. The third-order valence-corrected chi connectivity index (χ3v) is 5.17. The van der Waals surface area contributed by atoms with E-state index in [-0.39, 0.29) is 0 Å². The van der Waals surface area contributed by atoms with E-state index in [2.05, 4.69) is 65.2 Å². The number of hydrogen-bond acceptors (Lipinski definition) is 2. The van der Waals surface area contributed by atoms with Crippen molar-refractivity contribution in [1.29, 1.82) is 0 Å². The van der Waals surface area contributed by atoms with Gasteiger partial charge in [0, 0.05) is 17.6 Å². The van der Waals surface area contributed by atoms with Crippen LogP contribution in [0.2, 0.25) is 0 Å². The first-order valence-corrected chi connectivity index (χ1v) is 9.02. The van der Waals surface area contributed by atoms with Crippen LogP contribution in [0.15, 0.2) is 0 Å². The van der Waals surface area contributed by atoms with E-state index in [1.165, 1.54) is 45.4 Å². The van der Waals surface area contributed by atoms with Gasteiger partial charge in [-0.25, -0.2) is 0 Å². The summed E-state index contributed by atoms with van der Waals surface area (Å²) in [6, 6.07) is 0. The number of likely N-dealkylation sites (tertiary alicyclic amines) is 2. The Kier molecular flexibility index (Phi) is 6.74. The van der Waals surface area contributed by atoms with Crippen LogP contribution in [0.4, 0.5) is 0 Å². The Bertz CT molecular complexity index is 290. The lowest BCUT2D eigenvalue weighted by Crippen LogP contribution is -2.39. The Morgan fingerprint density at radius 3 is 1.48 bits per heavy atom. The zero-order valence-electron chi connectivity index (χ0n) is 16.0. The van der Waals surface area contributed by atoms with Crippen molar-refractivity contribution in [2.75, 3.05) is 26.2 Å². The molecule has 2 aliphatic rings. The monoisotopic (exact) mass is 296 g/mol. The fourth-order valence-electron chi connectivity index (χ4n) is 3.33. The van der Waals surface area contributed by atoms with Gasteiger partial charge in [-0.1, -0.05) is 13.8 Å². The van der Waals surface area contributed by atoms with Gasteiger partial charge in [0.15, 0.2) is 0 Å². The molecule has 2 rings (SSSR count). The first-order valence-electron chi connectivity index (χ1n) is 9.02. The molecular weight excluding hydrogens is 256 g/mol. The van der Waals surface area contributed by atoms with Crippen molar-refractivity contribution < 1.29 is 0 Å². The van der Waals surface area contributed by atoms with Gasteiger partial charge in [-0.05, 0) is 92.3 Å². The second-order valence-corrected chi connectivity index (χ2v) is 9.27. The molecule has 2 saturated heterocycles. The molecule has 0 aliphatic carbocycles. The Hall–Kier alpha value is -0.0800. The van der Waals surface area contributed by atoms with Gasteiger partial charge in [0.2, 0.25) is 0 Å². The van der Waals surface area contributed by atoms with Gasteiger partial charge in [0.25, 0.3) is 0 Å². The summed E-state index contributed by atoms with van der Waals surface area (Å²) in [5.41, 5.74) is 0.792. The molecule has 2 fully saturated rings. The van der Waals surface area contributed by atoms with Gasteiger partial charge in [-0.15, -0.1) is 0 Å². The fourth-order valence-corrected chi connectivity index (χ4v) is 3.33. The van der Waals surface area contributed by atoms with E-state index in [1.54, 1.807) is 0 Å². The van der Waals surface area contributed by atoms with E-state index < -0.39 is 0 Å². The molecular formula is C19H40N2. The SMILES string of the molecule is CC(C)(C)N1CCCC1.CC(C)C1CCN(C(C)(C)C)C1. The Morgan fingerprint density at radius 1 is 0.762 bits per heavy atom. The lowest BCUT2D eigenvalue weighted by atomic mass is 9.95. The second-order valence-electron chi connectivity index (χ2n) is 9.27. The van der Waals surface area contributed by atoms with Crippen LogP contribution >= 0.6 is 0 Å². The summed E-state index contributed by atoms with van der Waals surface area (Å²) in [4.78, 5) is 5.16. The van der Waals surface area contributed by atoms with Crippen LogP contribution in [-0.2, 0) is 0 Å². The van der Waals surface area contributed by atoms with E-state index in [4.69, 9.17) is 0 Å². The predicted molar refractivity (Wildman–Crippen MR) is 94.8 cm³/mol. The second kappa shape index (κ2) is 7.46. The molecule has 0 radical (unpaired) electrons. The first kappa shape index (κ1) is 19.0. The average molecular weight is 297 g/mol. The average Bonchev–Trinajstić information content (AvgIpc) is 3.00. The summed E-state index contributed by atoms with van der Waals surface area (Å²) in [7, 11) is 0. The summed E-state index contributed by atoms with van der Waals surface area (Å²) >= 11 is 0. The molecule has 0 aromatic heterocycles. The maximum atomic E-state index is 2.61. The van der Waals surface area contributed by atoms with E-state index in [9.17, 15) is 0 Å². The summed E-state index contributed by atoms with van der Waals surface area (Å²) in [5, 5.41) is 0. The quantitative estimate of drug-likeness (QED) is 0.695. The lowest BCUT2D eigenvalue weighted by Gasteiger charge is -2.32. The largest absolute Gasteiger partial charge is 0.298 e. The van der Waals surface area contributed by atoms with Crippen molar-refractivity contribution >= 4 is 0 Å². The standard InChI is InChI=1S/C11H23N.C8H17N/c1-9(2)10-6-7-12(8-10)11(3,4)5;1-8(2,3)9-6-4-5-7-9/h9-10H,6-8H2,1-5H3;4-7H2,1-3H3.